The highest BCUT2D eigenvalue weighted by atomic mass is 79.9. The van der Waals surface area contributed by atoms with E-state index in [2.05, 4.69) is 62.9 Å². The molecule has 1 aliphatic rings. The van der Waals surface area contributed by atoms with E-state index in [0.717, 1.165) is 38.5 Å². The van der Waals surface area contributed by atoms with Gasteiger partial charge in [0.05, 0.1) is 17.7 Å². The van der Waals surface area contributed by atoms with Gasteiger partial charge in [0.2, 0.25) is 0 Å². The van der Waals surface area contributed by atoms with Gasteiger partial charge in [-0.15, -0.1) is 0 Å². The lowest BCUT2D eigenvalue weighted by Crippen LogP contribution is -2.19. The first-order valence-electron chi connectivity index (χ1n) is 9.33. The minimum atomic E-state index is -0.138. The van der Waals surface area contributed by atoms with Gasteiger partial charge in [0.25, 0.3) is 5.91 Å². The Morgan fingerprint density at radius 3 is 2.47 bits per heavy atom. The molecule has 0 bridgehead atoms. The fourth-order valence-corrected chi connectivity index (χ4v) is 4.41. The normalized spacial score (nSPS) is 16.3. The van der Waals surface area contributed by atoms with Gasteiger partial charge in [-0.2, -0.15) is 0 Å². The summed E-state index contributed by atoms with van der Waals surface area (Å²) in [5, 5.41) is 3.41. The Hall–Kier alpha value is -2.77. The van der Waals surface area contributed by atoms with Crippen LogP contribution in [0.1, 0.15) is 17.0 Å². The van der Waals surface area contributed by atoms with Gasteiger partial charge in [0, 0.05) is 21.5 Å². The predicted molar refractivity (Wildman–Crippen MR) is 127 cm³/mol. The summed E-state index contributed by atoms with van der Waals surface area (Å²) >= 11 is 4.82. The van der Waals surface area contributed by atoms with E-state index in [4.69, 9.17) is 4.74 Å². The number of amidine groups is 1. The van der Waals surface area contributed by atoms with Crippen LogP contribution in [0, 0.1) is 13.8 Å². The molecule has 1 amide bonds. The first kappa shape index (κ1) is 20.5. The van der Waals surface area contributed by atoms with Gasteiger partial charge in [-0.3, -0.25) is 4.79 Å². The fraction of sp³-hybridized carbons (Fsp3) is 0.130. The van der Waals surface area contributed by atoms with Gasteiger partial charge in [-0.05, 0) is 91.8 Å². The van der Waals surface area contributed by atoms with E-state index >= 15 is 0 Å². The number of nitrogens with one attached hydrogen (secondary N) is 1. The molecule has 1 saturated heterocycles. The number of carbonyl (C=O) groups excluding carboxylic acids is 1. The van der Waals surface area contributed by atoms with Crippen LogP contribution in [-0.2, 0) is 4.79 Å². The lowest BCUT2D eigenvalue weighted by molar-refractivity contribution is -0.115. The number of amides is 1. The molecule has 3 aromatic rings. The molecule has 0 saturated carbocycles. The average Bonchev–Trinajstić information content (AvgIpc) is 3.21. The van der Waals surface area contributed by atoms with Crippen molar-refractivity contribution >= 4 is 50.5 Å². The fourth-order valence-electron chi connectivity index (χ4n) is 3.32. The van der Waals surface area contributed by atoms with E-state index in [-0.39, 0.29) is 5.91 Å². The van der Waals surface area contributed by atoms with Gasteiger partial charge in [-0.1, -0.05) is 15.9 Å². The lowest BCUT2D eigenvalue weighted by atomic mass is 10.2. The molecule has 2 aromatic carbocycles. The van der Waals surface area contributed by atoms with Crippen LogP contribution in [0.3, 0.4) is 0 Å². The zero-order valence-electron chi connectivity index (χ0n) is 16.8. The van der Waals surface area contributed by atoms with Crippen LogP contribution in [-0.4, -0.2) is 22.8 Å². The van der Waals surface area contributed by atoms with Crippen molar-refractivity contribution in [1.82, 2.24) is 9.88 Å². The molecule has 1 N–H and O–H groups in total. The molecule has 1 aliphatic heterocycles. The van der Waals surface area contributed by atoms with Crippen LogP contribution in [0.4, 0.5) is 5.69 Å². The van der Waals surface area contributed by atoms with Crippen molar-refractivity contribution in [3.63, 3.8) is 0 Å². The van der Waals surface area contributed by atoms with E-state index in [1.54, 1.807) is 7.11 Å². The summed E-state index contributed by atoms with van der Waals surface area (Å²) < 4.78 is 8.39. The predicted octanol–water partition coefficient (Wildman–Crippen LogP) is 5.76. The molecule has 0 unspecified atom stereocenters. The van der Waals surface area contributed by atoms with Crippen LogP contribution < -0.4 is 10.1 Å². The molecular weight excluding hydrogens is 462 g/mol. The van der Waals surface area contributed by atoms with Crippen LogP contribution in [0.25, 0.3) is 11.8 Å². The van der Waals surface area contributed by atoms with Gasteiger partial charge in [0.15, 0.2) is 5.17 Å². The number of benzene rings is 2. The first-order valence-corrected chi connectivity index (χ1v) is 10.9. The minimum absolute atomic E-state index is 0.138. The Kier molecular flexibility index (Phi) is 5.83. The van der Waals surface area contributed by atoms with Crippen molar-refractivity contribution in [3.05, 3.63) is 80.9 Å². The second-order valence-electron chi connectivity index (χ2n) is 6.82. The van der Waals surface area contributed by atoms with E-state index in [1.165, 1.54) is 11.8 Å². The molecule has 152 valence electrons. The zero-order valence-corrected chi connectivity index (χ0v) is 19.2. The SMILES string of the molecule is COc1ccc(N=C2NC(=O)/C(=C/c3cc(C)n(-c4ccc(Br)cc4)c3C)S2)cc1. The Balaban J connectivity index is 1.60. The first-order chi connectivity index (χ1) is 14.4. The number of methoxy groups -OCH3 is 1. The van der Waals surface area contributed by atoms with Crippen molar-refractivity contribution in [2.45, 2.75) is 13.8 Å². The third-order valence-electron chi connectivity index (χ3n) is 4.80. The summed E-state index contributed by atoms with van der Waals surface area (Å²) in [5.74, 6) is 0.629. The number of thioether (sulfide) groups is 1. The molecule has 5 nitrogen and oxygen atoms in total. The van der Waals surface area contributed by atoms with E-state index in [0.29, 0.717) is 10.1 Å². The molecule has 0 spiro atoms. The van der Waals surface area contributed by atoms with Gasteiger partial charge in [-0.25, -0.2) is 4.99 Å². The number of hydrogen-bond acceptors (Lipinski definition) is 4. The molecule has 0 aliphatic carbocycles. The van der Waals surface area contributed by atoms with Gasteiger partial charge in [0.1, 0.15) is 5.75 Å². The number of ether oxygens (including phenoxy) is 1. The second kappa shape index (κ2) is 8.53. The van der Waals surface area contributed by atoms with Crippen molar-refractivity contribution in [2.75, 3.05) is 7.11 Å². The highest BCUT2D eigenvalue weighted by Gasteiger charge is 2.24. The standard InChI is InChI=1S/C23H20BrN3O2S/c1-14-12-16(15(2)27(14)19-8-4-17(24)5-9-19)13-21-22(28)26-23(30-21)25-18-6-10-20(29-3)11-7-18/h4-13H,1-3H3,(H,25,26,28)/b21-13-. The molecule has 4 rings (SSSR count). The molecule has 30 heavy (non-hydrogen) atoms. The number of rotatable bonds is 4. The maximum atomic E-state index is 12.5. The topological polar surface area (TPSA) is 55.6 Å². The maximum absolute atomic E-state index is 12.5. The number of aryl methyl sites for hydroxylation is 1. The Bertz CT molecular complexity index is 1160. The Labute approximate surface area is 188 Å². The molecule has 0 radical (unpaired) electrons. The maximum Gasteiger partial charge on any atom is 0.264 e. The van der Waals surface area contributed by atoms with E-state index < -0.39 is 0 Å². The Morgan fingerprint density at radius 2 is 1.80 bits per heavy atom. The Morgan fingerprint density at radius 1 is 1.10 bits per heavy atom. The summed E-state index contributed by atoms with van der Waals surface area (Å²) in [6.07, 6.45) is 1.92. The van der Waals surface area contributed by atoms with E-state index in [9.17, 15) is 4.79 Å². The second-order valence-corrected chi connectivity index (χ2v) is 8.76. The van der Waals surface area contributed by atoms with Crippen molar-refractivity contribution < 1.29 is 9.53 Å². The summed E-state index contributed by atoms with van der Waals surface area (Å²) in [7, 11) is 1.62. The van der Waals surface area contributed by atoms with Crippen LogP contribution in [0.2, 0.25) is 0 Å². The van der Waals surface area contributed by atoms with Crippen molar-refractivity contribution in [2.24, 2.45) is 4.99 Å². The monoisotopic (exact) mass is 481 g/mol. The van der Waals surface area contributed by atoms with E-state index in [1.807, 2.05) is 42.5 Å². The summed E-state index contributed by atoms with van der Waals surface area (Å²) in [4.78, 5) is 17.6. The van der Waals surface area contributed by atoms with Crippen LogP contribution in [0.5, 0.6) is 5.75 Å². The molecular formula is C23H20BrN3O2S. The van der Waals surface area contributed by atoms with Crippen LogP contribution in [0.15, 0.2) is 69.0 Å². The summed E-state index contributed by atoms with van der Waals surface area (Å²) in [6, 6.07) is 17.7. The third-order valence-corrected chi connectivity index (χ3v) is 6.23. The summed E-state index contributed by atoms with van der Waals surface area (Å²) in [5.41, 5.74) is 5.05. The highest BCUT2D eigenvalue weighted by Crippen LogP contribution is 2.31. The number of aliphatic imine (C=N–C) groups is 1. The molecule has 2 heterocycles. The number of halogens is 1. The van der Waals surface area contributed by atoms with Crippen molar-refractivity contribution in [3.8, 4) is 11.4 Å². The molecule has 1 aromatic heterocycles. The number of hydrogen-bond donors (Lipinski definition) is 1. The molecule has 1 fully saturated rings. The third kappa shape index (κ3) is 4.22. The zero-order chi connectivity index (χ0) is 21.3. The van der Waals surface area contributed by atoms with Gasteiger partial charge < -0.3 is 14.6 Å². The number of carbonyl (C=O) groups is 1. The highest BCUT2D eigenvalue weighted by molar-refractivity contribution is 9.10. The average molecular weight is 482 g/mol. The number of aromatic nitrogens is 1. The quantitative estimate of drug-likeness (QED) is 0.482. The smallest absolute Gasteiger partial charge is 0.264 e. The lowest BCUT2D eigenvalue weighted by Gasteiger charge is -2.09. The minimum Gasteiger partial charge on any atom is -0.497 e. The van der Waals surface area contributed by atoms with Crippen molar-refractivity contribution in [1.29, 1.82) is 0 Å². The van der Waals surface area contributed by atoms with Crippen LogP contribution >= 0.6 is 27.7 Å². The molecule has 0 atom stereocenters. The molecule has 7 heteroatoms. The number of nitrogens with zero attached hydrogens (tertiary/aromatic N) is 2. The summed E-state index contributed by atoms with van der Waals surface area (Å²) in [6.45, 7) is 4.13. The largest absolute Gasteiger partial charge is 0.497 e. The van der Waals surface area contributed by atoms with Gasteiger partial charge >= 0.3 is 0 Å².